The van der Waals surface area contributed by atoms with Gasteiger partial charge in [-0.05, 0) is 18.2 Å². The molecule has 0 bridgehead atoms. The Balaban J connectivity index is 1.87. The molecule has 0 fully saturated rings. The molecule has 0 amide bonds. The van der Waals surface area contributed by atoms with Gasteiger partial charge < -0.3 is 0 Å². The highest BCUT2D eigenvalue weighted by Gasteiger charge is 2.12. The van der Waals surface area contributed by atoms with Crippen molar-refractivity contribution in [2.45, 2.75) is 6.54 Å². The average Bonchev–Trinajstić information content (AvgIpc) is 2.99. The second-order valence-corrected chi connectivity index (χ2v) is 4.96. The third-order valence-electron chi connectivity index (χ3n) is 3.62. The second-order valence-electron chi connectivity index (χ2n) is 4.96. The van der Waals surface area contributed by atoms with E-state index >= 15 is 0 Å². The number of fused-ring (bicyclic) bond motifs is 2. The predicted molar refractivity (Wildman–Crippen MR) is 79.3 cm³/mol. The van der Waals surface area contributed by atoms with Gasteiger partial charge in [-0.1, -0.05) is 24.3 Å². The van der Waals surface area contributed by atoms with E-state index in [4.69, 9.17) is 0 Å². The summed E-state index contributed by atoms with van der Waals surface area (Å²) in [5.41, 5.74) is 2.38. The van der Waals surface area contributed by atoms with Gasteiger partial charge in [-0.25, -0.2) is 9.48 Å². The molecule has 6 heteroatoms. The maximum Gasteiger partial charge on any atom is 0.350 e. The molecule has 0 radical (unpaired) electrons. The minimum atomic E-state index is -0.152. The zero-order valence-electron chi connectivity index (χ0n) is 11.5. The molecule has 4 rings (SSSR count). The van der Waals surface area contributed by atoms with Crippen molar-refractivity contribution in [2.24, 2.45) is 7.05 Å². The van der Waals surface area contributed by atoms with Gasteiger partial charge in [0.15, 0.2) is 5.65 Å². The first-order chi connectivity index (χ1) is 10.2. The monoisotopic (exact) mass is 279 g/mol. The highest BCUT2D eigenvalue weighted by Crippen LogP contribution is 2.17. The summed E-state index contributed by atoms with van der Waals surface area (Å²) < 4.78 is 4.81. The maximum absolute atomic E-state index is 12.3. The van der Waals surface area contributed by atoms with Gasteiger partial charge in [0.2, 0.25) is 0 Å². The smallest absolute Gasteiger partial charge is 0.268 e. The summed E-state index contributed by atoms with van der Waals surface area (Å²) in [6, 6.07) is 13.5. The van der Waals surface area contributed by atoms with E-state index in [2.05, 4.69) is 10.2 Å². The Bertz CT molecular complexity index is 1010. The number of benzene rings is 1. The lowest BCUT2D eigenvalue weighted by molar-refractivity contribution is 0.634. The van der Waals surface area contributed by atoms with E-state index in [1.165, 1.54) is 9.08 Å². The highest BCUT2D eigenvalue weighted by molar-refractivity contribution is 5.81. The van der Waals surface area contributed by atoms with Gasteiger partial charge in [0.05, 0.1) is 17.8 Å². The molecule has 6 nitrogen and oxygen atoms in total. The van der Waals surface area contributed by atoms with Crippen LogP contribution < -0.4 is 5.69 Å². The number of aromatic nitrogens is 5. The Morgan fingerprint density at radius 2 is 1.86 bits per heavy atom. The molecule has 0 saturated heterocycles. The molecule has 0 spiro atoms. The molecule has 0 unspecified atom stereocenters. The minimum Gasteiger partial charge on any atom is -0.268 e. The fraction of sp³-hybridized carbons (Fsp3) is 0.133. The summed E-state index contributed by atoms with van der Waals surface area (Å²) in [5.74, 6) is 0. The largest absolute Gasteiger partial charge is 0.350 e. The average molecular weight is 279 g/mol. The molecule has 0 saturated carbocycles. The van der Waals surface area contributed by atoms with E-state index in [-0.39, 0.29) is 5.69 Å². The lowest BCUT2D eigenvalue weighted by Gasteiger charge is -1.96. The molecule has 3 heterocycles. The number of nitrogens with zero attached hydrogens (tertiary/aromatic N) is 5. The SMILES string of the molecule is Cn1nc(Cn2nc3ccccn3c2=O)c2ccccc21. The fourth-order valence-electron chi connectivity index (χ4n) is 2.62. The van der Waals surface area contributed by atoms with Gasteiger partial charge >= 0.3 is 5.69 Å². The van der Waals surface area contributed by atoms with E-state index in [9.17, 15) is 4.79 Å². The first-order valence-electron chi connectivity index (χ1n) is 6.69. The molecule has 3 aromatic heterocycles. The summed E-state index contributed by atoms with van der Waals surface area (Å²) >= 11 is 0. The molecular formula is C15H13N5O. The maximum atomic E-state index is 12.3. The molecule has 4 aromatic rings. The minimum absolute atomic E-state index is 0.152. The predicted octanol–water partition coefficient (Wildman–Crippen LogP) is 1.43. The molecule has 0 atom stereocenters. The van der Waals surface area contributed by atoms with Crippen molar-refractivity contribution in [1.29, 1.82) is 0 Å². The zero-order chi connectivity index (χ0) is 14.4. The van der Waals surface area contributed by atoms with Crippen LogP contribution in [-0.2, 0) is 13.6 Å². The number of pyridine rings is 1. The van der Waals surface area contributed by atoms with Gasteiger partial charge in [0.25, 0.3) is 0 Å². The van der Waals surface area contributed by atoms with Crippen LogP contribution >= 0.6 is 0 Å². The molecule has 21 heavy (non-hydrogen) atoms. The van der Waals surface area contributed by atoms with E-state index in [0.29, 0.717) is 12.2 Å². The first kappa shape index (κ1) is 11.9. The normalized spacial score (nSPS) is 11.5. The van der Waals surface area contributed by atoms with Crippen LogP contribution in [0.2, 0.25) is 0 Å². The Morgan fingerprint density at radius 3 is 2.71 bits per heavy atom. The van der Waals surface area contributed by atoms with E-state index in [1.807, 2.05) is 54.2 Å². The fourth-order valence-corrected chi connectivity index (χ4v) is 2.62. The number of hydrogen-bond donors (Lipinski definition) is 0. The second kappa shape index (κ2) is 4.31. The van der Waals surface area contributed by atoms with E-state index in [0.717, 1.165) is 16.6 Å². The van der Waals surface area contributed by atoms with Crippen LogP contribution in [0.1, 0.15) is 5.69 Å². The molecule has 0 aliphatic rings. The molecule has 104 valence electrons. The van der Waals surface area contributed by atoms with Crippen LogP contribution in [-0.4, -0.2) is 24.0 Å². The van der Waals surface area contributed by atoms with Crippen LogP contribution in [0, 0.1) is 0 Å². The lowest BCUT2D eigenvalue weighted by atomic mass is 10.2. The van der Waals surface area contributed by atoms with Gasteiger partial charge in [0.1, 0.15) is 0 Å². The van der Waals surface area contributed by atoms with Gasteiger partial charge in [-0.2, -0.15) is 5.10 Å². The standard InChI is InChI=1S/C15H13N5O/c1-18-13-7-3-2-6-11(13)12(16-18)10-20-15(21)19-9-5-4-8-14(19)17-20/h2-9H,10H2,1H3. The summed E-state index contributed by atoms with van der Waals surface area (Å²) in [6.07, 6.45) is 1.72. The van der Waals surface area contributed by atoms with E-state index < -0.39 is 0 Å². The van der Waals surface area contributed by atoms with Gasteiger partial charge in [-0.15, -0.1) is 5.10 Å². The highest BCUT2D eigenvalue weighted by atomic mass is 16.2. The molecule has 0 aliphatic heterocycles. The Kier molecular flexibility index (Phi) is 2.44. The van der Waals surface area contributed by atoms with Gasteiger partial charge in [-0.3, -0.25) is 9.08 Å². The topological polar surface area (TPSA) is 57.1 Å². The molecule has 0 N–H and O–H groups in total. The van der Waals surface area contributed by atoms with Crippen LogP contribution in [0.5, 0.6) is 0 Å². The lowest BCUT2D eigenvalue weighted by Crippen LogP contribution is -2.21. The third kappa shape index (κ3) is 1.76. The van der Waals surface area contributed by atoms with Crippen LogP contribution in [0.4, 0.5) is 0 Å². The van der Waals surface area contributed by atoms with Crippen LogP contribution in [0.15, 0.2) is 53.5 Å². The van der Waals surface area contributed by atoms with Crippen molar-refractivity contribution in [3.8, 4) is 0 Å². The summed E-state index contributed by atoms with van der Waals surface area (Å²) in [5, 5.41) is 9.89. The number of para-hydroxylation sites is 1. The van der Waals surface area contributed by atoms with Crippen molar-refractivity contribution in [3.63, 3.8) is 0 Å². The van der Waals surface area contributed by atoms with Gasteiger partial charge in [0, 0.05) is 18.6 Å². The van der Waals surface area contributed by atoms with Crippen molar-refractivity contribution in [3.05, 3.63) is 64.8 Å². The number of rotatable bonds is 2. The van der Waals surface area contributed by atoms with Crippen LogP contribution in [0.25, 0.3) is 16.6 Å². The van der Waals surface area contributed by atoms with Crippen molar-refractivity contribution in [1.82, 2.24) is 24.0 Å². The summed E-state index contributed by atoms with van der Waals surface area (Å²) in [4.78, 5) is 12.3. The van der Waals surface area contributed by atoms with Crippen molar-refractivity contribution in [2.75, 3.05) is 0 Å². The summed E-state index contributed by atoms with van der Waals surface area (Å²) in [6.45, 7) is 0.363. The van der Waals surface area contributed by atoms with Crippen molar-refractivity contribution >= 4 is 16.6 Å². The Morgan fingerprint density at radius 1 is 1.05 bits per heavy atom. The zero-order valence-corrected chi connectivity index (χ0v) is 11.5. The number of aryl methyl sites for hydroxylation is 1. The molecular weight excluding hydrogens is 266 g/mol. The number of hydrogen-bond acceptors (Lipinski definition) is 3. The molecule has 0 aliphatic carbocycles. The molecule has 1 aromatic carbocycles. The van der Waals surface area contributed by atoms with Crippen molar-refractivity contribution < 1.29 is 0 Å². The Labute approximate surface area is 119 Å². The van der Waals surface area contributed by atoms with E-state index in [1.54, 1.807) is 6.20 Å². The van der Waals surface area contributed by atoms with Crippen LogP contribution in [0.3, 0.4) is 0 Å². The Hall–Kier alpha value is -2.89. The first-order valence-corrected chi connectivity index (χ1v) is 6.69. The third-order valence-corrected chi connectivity index (χ3v) is 3.62. The quantitative estimate of drug-likeness (QED) is 0.558. The summed E-state index contributed by atoms with van der Waals surface area (Å²) in [7, 11) is 1.90.